The Hall–Kier alpha value is -3.08. The van der Waals surface area contributed by atoms with Gasteiger partial charge in [0.1, 0.15) is 17.6 Å². The second-order valence-electron chi connectivity index (χ2n) is 27.5. The number of aromatic hydroxyl groups is 1. The van der Waals surface area contributed by atoms with E-state index in [1.54, 1.807) is 0 Å². The number of allylic oxidation sites excluding steroid dienone is 2. The molecule has 2 aliphatic heterocycles. The van der Waals surface area contributed by atoms with Crippen LogP contribution < -0.4 is 16.4 Å². The van der Waals surface area contributed by atoms with E-state index in [2.05, 4.69) is 62.6 Å². The second kappa shape index (κ2) is 19.4. The molecule has 73 heavy (non-hydrogen) atoms. The van der Waals surface area contributed by atoms with E-state index in [1.165, 1.54) is 49.7 Å². The van der Waals surface area contributed by atoms with Crippen LogP contribution in [0.1, 0.15) is 211 Å². The number of phenolic OH excluding ortho intramolecular Hbond substituents is 1. The van der Waals surface area contributed by atoms with Crippen molar-refractivity contribution in [2.75, 3.05) is 19.3 Å². The molecule has 2 heterocycles. The van der Waals surface area contributed by atoms with Crippen molar-refractivity contribution in [2.45, 2.75) is 230 Å². The number of nitrogens with one attached hydrogen (secondary N) is 2. The largest absolute Gasteiger partial charge is 0.508 e. The van der Waals surface area contributed by atoms with Gasteiger partial charge in [-0.05, 0) is 203 Å². The molecule has 6 saturated carbocycles. The molecule has 400 valence electrons. The first-order valence-corrected chi connectivity index (χ1v) is 29.8. The average Bonchev–Trinajstić information content (AvgIpc) is 3.66. The number of β-amino-alcohol motifs (C(OH)–C–C–N with tert-alkyl or cyclic N) is 1. The van der Waals surface area contributed by atoms with Gasteiger partial charge in [0.2, 0.25) is 0 Å². The molecular formula is C64H93N3O6. The number of carbonyl (C=O) groups excluding carboxylic acids is 2. The summed E-state index contributed by atoms with van der Waals surface area (Å²) in [6.07, 6.45) is 21.9. The minimum Gasteiger partial charge on any atom is -0.508 e. The smallest absolute Gasteiger partial charge is 0.160 e. The zero-order chi connectivity index (χ0) is 51.3. The standard InChI is InChI=1S/C64H93N3O6/c1-59(72)27-13-14-28-60(2)56-51(67-38-59)35-62(4)54(64(56,43-20-11-8-12-21-43)34-48(57(60)71)42-29-39(37-66-6)30-45(68)32-42)26-25-50-55(53(70)36-61(50,62)3)47(40-17-9-7-10-18-40)33-52(69)58-63(5,73-58)49-24-16-23-46(49)41-19-15-22-44(65)31-41/h15,19,22,29-32,40,43,46-49,51-52,54,56,58,66-69,72H,7-14,16-18,20-21,23-28,33-38,65H2,1-6H3/t46-,47+,48-,49+,51+,52-,54+,56+,58-,59-,60-,61+,62+,63-,64-/m1/s1. The van der Waals surface area contributed by atoms with E-state index < -0.39 is 28.1 Å². The molecule has 11 rings (SSSR count). The minimum atomic E-state index is -0.868. The molecule has 0 radical (unpaired) electrons. The zero-order valence-corrected chi connectivity index (χ0v) is 45.7. The number of anilines is 1. The molecule has 0 unspecified atom stereocenters. The van der Waals surface area contributed by atoms with Gasteiger partial charge in [0.05, 0.1) is 17.3 Å². The zero-order valence-electron chi connectivity index (χ0n) is 45.7. The summed E-state index contributed by atoms with van der Waals surface area (Å²) in [6, 6.07) is 14.3. The van der Waals surface area contributed by atoms with Gasteiger partial charge in [0.15, 0.2) is 5.78 Å². The molecule has 7 aliphatic carbocycles. The Morgan fingerprint density at radius 2 is 1.58 bits per heavy atom. The van der Waals surface area contributed by atoms with Crippen LogP contribution in [0.25, 0.3) is 0 Å². The van der Waals surface area contributed by atoms with E-state index in [1.807, 2.05) is 32.2 Å². The van der Waals surface area contributed by atoms with Crippen molar-refractivity contribution in [1.29, 1.82) is 0 Å². The molecule has 7 N–H and O–H groups in total. The fourth-order valence-corrected chi connectivity index (χ4v) is 20.1. The summed E-state index contributed by atoms with van der Waals surface area (Å²) in [6.45, 7) is 12.8. The molecular weight excluding hydrogens is 907 g/mol. The number of epoxide rings is 1. The Kier molecular flexibility index (Phi) is 13.8. The fourth-order valence-electron chi connectivity index (χ4n) is 20.1. The molecule has 8 fully saturated rings. The Labute approximate surface area is 438 Å². The lowest BCUT2D eigenvalue weighted by molar-refractivity contribution is -0.226. The molecule has 15 atom stereocenters. The third kappa shape index (κ3) is 8.65. The first kappa shape index (κ1) is 52.0. The topological polar surface area (TPSA) is 157 Å². The molecule has 2 saturated heterocycles. The maximum Gasteiger partial charge on any atom is 0.160 e. The highest BCUT2D eigenvalue weighted by atomic mass is 16.6. The maximum absolute atomic E-state index is 16.0. The van der Waals surface area contributed by atoms with Crippen molar-refractivity contribution in [3.63, 3.8) is 0 Å². The van der Waals surface area contributed by atoms with Gasteiger partial charge in [-0.25, -0.2) is 0 Å². The maximum atomic E-state index is 16.0. The summed E-state index contributed by atoms with van der Waals surface area (Å²) in [7, 11) is 1.93. The predicted octanol–water partition coefficient (Wildman–Crippen LogP) is 12.0. The van der Waals surface area contributed by atoms with Gasteiger partial charge in [-0.3, -0.25) is 9.59 Å². The second-order valence-corrected chi connectivity index (χ2v) is 27.5. The number of Topliss-reactive ketones (excluding diaryl/α,β-unsaturated/α-hetero) is 2. The molecule has 0 aromatic heterocycles. The van der Waals surface area contributed by atoms with E-state index >= 15 is 9.59 Å². The summed E-state index contributed by atoms with van der Waals surface area (Å²) >= 11 is 0. The van der Waals surface area contributed by atoms with Crippen LogP contribution in [0.15, 0.2) is 53.6 Å². The fraction of sp³-hybridized carbons (Fsp3) is 0.750. The molecule has 9 aliphatic rings. The summed E-state index contributed by atoms with van der Waals surface area (Å²) in [5.41, 5.74) is 10.0. The van der Waals surface area contributed by atoms with Crippen molar-refractivity contribution in [3.8, 4) is 5.75 Å². The number of fused-ring (bicyclic) bond motifs is 4. The first-order valence-electron chi connectivity index (χ1n) is 29.8. The lowest BCUT2D eigenvalue weighted by atomic mass is 9.31. The summed E-state index contributed by atoms with van der Waals surface area (Å²) in [5, 5.41) is 43.5. The molecule has 0 amide bonds. The van der Waals surface area contributed by atoms with E-state index in [4.69, 9.17) is 10.5 Å². The van der Waals surface area contributed by atoms with Crippen molar-refractivity contribution in [3.05, 3.63) is 70.3 Å². The number of aliphatic hydroxyl groups is 2. The summed E-state index contributed by atoms with van der Waals surface area (Å²) in [4.78, 5) is 31.7. The highest BCUT2D eigenvalue weighted by molar-refractivity contribution is 6.01. The summed E-state index contributed by atoms with van der Waals surface area (Å²) in [5.74, 6) is 2.32. The molecule has 0 spiro atoms. The molecule has 9 nitrogen and oxygen atoms in total. The van der Waals surface area contributed by atoms with Crippen LogP contribution in [-0.2, 0) is 20.9 Å². The van der Waals surface area contributed by atoms with E-state index in [-0.39, 0.29) is 52.4 Å². The quantitative estimate of drug-likeness (QED) is 0.0952. The van der Waals surface area contributed by atoms with Crippen molar-refractivity contribution in [2.24, 2.45) is 57.2 Å². The van der Waals surface area contributed by atoms with E-state index in [0.717, 1.165) is 112 Å². The van der Waals surface area contributed by atoms with Crippen molar-refractivity contribution < 1.29 is 29.6 Å². The number of aliphatic hydroxyl groups excluding tert-OH is 1. The number of carbonyl (C=O) groups is 2. The Morgan fingerprint density at radius 3 is 2.32 bits per heavy atom. The van der Waals surface area contributed by atoms with Crippen molar-refractivity contribution >= 4 is 17.3 Å². The molecule has 2 aromatic carbocycles. The van der Waals surface area contributed by atoms with E-state index in [9.17, 15) is 15.3 Å². The monoisotopic (exact) mass is 1000 g/mol. The Morgan fingerprint density at radius 1 is 0.836 bits per heavy atom. The number of ketones is 2. The summed E-state index contributed by atoms with van der Waals surface area (Å²) < 4.78 is 6.76. The minimum absolute atomic E-state index is 0.00965. The van der Waals surface area contributed by atoms with Crippen LogP contribution in [-0.4, -0.2) is 69.9 Å². The number of rotatable bonds is 11. The molecule has 9 heteroatoms. The van der Waals surface area contributed by atoms with Crippen LogP contribution in [0.2, 0.25) is 0 Å². The lowest BCUT2D eigenvalue weighted by Crippen LogP contribution is -2.73. The molecule has 2 aromatic rings. The van der Waals surface area contributed by atoms with Crippen LogP contribution >= 0.6 is 0 Å². The van der Waals surface area contributed by atoms with Gasteiger partial charge < -0.3 is 36.4 Å². The normalized spacial score (nSPS) is 42.2. The number of hydrogen-bond acceptors (Lipinski definition) is 9. The van der Waals surface area contributed by atoms with Gasteiger partial charge >= 0.3 is 0 Å². The Bertz CT molecular complexity index is 2440. The SMILES string of the molecule is CNCc1cc(O)cc([C@H]2C[C@]3(C4CCCCC4)[C@H]4[C@H](C[C@@]5(C)[C@@H]3CCC3=C([C@@H](C[C@@H](O)[C@H]6O[C@]6(C)[C@H]6CCC[C@@H]6c6cccc(N)c6)C6CCCCC6)C(=O)C[C@@]35C)NC[C@](C)(O)CCCC[C@@]4(C)C2=O)c1. The van der Waals surface area contributed by atoms with Crippen LogP contribution in [0, 0.1) is 57.2 Å². The number of nitrogens with two attached hydrogens (primary N) is 1. The van der Waals surface area contributed by atoms with Gasteiger partial charge in [-0.1, -0.05) is 102 Å². The van der Waals surface area contributed by atoms with Crippen LogP contribution in [0.5, 0.6) is 5.75 Å². The number of nitrogen functional groups attached to an aromatic ring is 1. The number of phenols is 1. The van der Waals surface area contributed by atoms with Gasteiger partial charge in [-0.2, -0.15) is 0 Å². The lowest BCUT2D eigenvalue weighted by Gasteiger charge is -2.73. The van der Waals surface area contributed by atoms with Crippen LogP contribution in [0.3, 0.4) is 0 Å². The van der Waals surface area contributed by atoms with Gasteiger partial charge in [-0.15, -0.1) is 0 Å². The molecule has 0 bridgehead atoms. The predicted molar refractivity (Wildman–Crippen MR) is 290 cm³/mol. The number of benzene rings is 2. The number of hydrogen-bond donors (Lipinski definition) is 6. The number of ether oxygens (including phenoxy) is 1. The third-order valence-electron chi connectivity index (χ3n) is 23.4. The highest BCUT2D eigenvalue weighted by Crippen LogP contribution is 2.78. The average molecular weight is 1000 g/mol. The van der Waals surface area contributed by atoms with Gasteiger partial charge in [0, 0.05) is 48.0 Å². The first-order chi connectivity index (χ1) is 34.9. The Balaban J connectivity index is 1.01. The van der Waals surface area contributed by atoms with E-state index in [0.29, 0.717) is 67.6 Å². The van der Waals surface area contributed by atoms with Gasteiger partial charge in [0.25, 0.3) is 0 Å². The van der Waals surface area contributed by atoms with Crippen LogP contribution in [0.4, 0.5) is 5.69 Å². The third-order valence-corrected chi connectivity index (χ3v) is 23.4. The van der Waals surface area contributed by atoms with Crippen molar-refractivity contribution in [1.82, 2.24) is 10.6 Å². The highest BCUT2D eigenvalue weighted by Gasteiger charge is 2.75.